The number of benzene rings is 1. The van der Waals surface area contributed by atoms with Gasteiger partial charge in [-0.05, 0) is 24.3 Å². The van der Waals surface area contributed by atoms with Gasteiger partial charge in [0.05, 0.1) is 17.8 Å². The molecule has 2 amide bonds. The van der Waals surface area contributed by atoms with E-state index in [4.69, 9.17) is 9.47 Å². The summed E-state index contributed by atoms with van der Waals surface area (Å²) in [7, 11) is 0. The van der Waals surface area contributed by atoms with Crippen LogP contribution in [-0.4, -0.2) is 36.6 Å². The Morgan fingerprint density at radius 2 is 2.04 bits per heavy atom. The van der Waals surface area contributed by atoms with E-state index in [1.54, 1.807) is 41.6 Å². The van der Waals surface area contributed by atoms with Crippen LogP contribution in [0.1, 0.15) is 6.42 Å². The quantitative estimate of drug-likeness (QED) is 0.923. The smallest absolute Gasteiger partial charge is 0.229 e. The van der Waals surface area contributed by atoms with Gasteiger partial charge in [0.2, 0.25) is 11.8 Å². The third-order valence-corrected chi connectivity index (χ3v) is 4.26. The predicted molar refractivity (Wildman–Crippen MR) is 90.8 cm³/mol. The zero-order valence-electron chi connectivity index (χ0n) is 13.5. The maximum Gasteiger partial charge on any atom is 0.229 e. The lowest BCUT2D eigenvalue weighted by Crippen LogP contribution is -2.28. The summed E-state index contributed by atoms with van der Waals surface area (Å²) in [6.07, 6.45) is 3.39. The summed E-state index contributed by atoms with van der Waals surface area (Å²) in [5, 5.41) is 2.80. The van der Waals surface area contributed by atoms with Crippen molar-refractivity contribution >= 4 is 23.2 Å². The predicted octanol–water partition coefficient (Wildman–Crippen LogP) is 1.84. The number of hydrogen-bond acceptors (Lipinski definition) is 5. The van der Waals surface area contributed by atoms with Crippen LogP contribution in [0.5, 0.6) is 11.5 Å². The molecule has 0 aliphatic carbocycles. The highest BCUT2D eigenvalue weighted by Crippen LogP contribution is 2.36. The molecule has 4 rings (SSSR count). The molecule has 7 nitrogen and oxygen atoms in total. The topological polar surface area (TPSA) is 80.8 Å². The van der Waals surface area contributed by atoms with E-state index in [2.05, 4.69) is 10.3 Å². The third kappa shape index (κ3) is 3.13. The van der Waals surface area contributed by atoms with Gasteiger partial charge >= 0.3 is 0 Å². The summed E-state index contributed by atoms with van der Waals surface area (Å²) in [5.41, 5.74) is 1.34. The van der Waals surface area contributed by atoms with Gasteiger partial charge < -0.3 is 19.7 Å². The van der Waals surface area contributed by atoms with E-state index in [0.717, 1.165) is 0 Å². The minimum absolute atomic E-state index is 0.0805. The Kier molecular flexibility index (Phi) is 3.97. The van der Waals surface area contributed by atoms with Crippen LogP contribution >= 0.6 is 0 Å². The van der Waals surface area contributed by atoms with Crippen molar-refractivity contribution in [1.29, 1.82) is 0 Å². The Labute approximate surface area is 144 Å². The van der Waals surface area contributed by atoms with Crippen LogP contribution in [0.15, 0.2) is 42.7 Å². The first-order valence-corrected chi connectivity index (χ1v) is 8.11. The summed E-state index contributed by atoms with van der Waals surface area (Å²) in [6.45, 7) is 1.34. The van der Waals surface area contributed by atoms with Crippen molar-refractivity contribution in [3.8, 4) is 11.5 Å². The van der Waals surface area contributed by atoms with E-state index in [1.807, 2.05) is 6.07 Å². The molecule has 0 radical (unpaired) electrons. The number of aromatic nitrogens is 1. The number of rotatable bonds is 3. The molecular formula is C18H17N3O4. The van der Waals surface area contributed by atoms with Crippen molar-refractivity contribution in [2.24, 2.45) is 5.92 Å². The van der Waals surface area contributed by atoms with Crippen molar-refractivity contribution in [3.63, 3.8) is 0 Å². The maximum atomic E-state index is 12.4. The molecule has 1 aromatic carbocycles. The molecule has 1 aromatic heterocycles. The zero-order chi connectivity index (χ0) is 17.2. The summed E-state index contributed by atoms with van der Waals surface area (Å²) >= 11 is 0. The van der Waals surface area contributed by atoms with Gasteiger partial charge in [-0.1, -0.05) is 0 Å². The fraction of sp³-hybridized carbons (Fsp3) is 0.278. The van der Waals surface area contributed by atoms with E-state index < -0.39 is 5.92 Å². The average Bonchev–Trinajstić information content (AvgIpc) is 3.04. The first kappa shape index (κ1) is 15.4. The van der Waals surface area contributed by atoms with Crippen molar-refractivity contribution < 1.29 is 19.1 Å². The van der Waals surface area contributed by atoms with Crippen LogP contribution in [0.2, 0.25) is 0 Å². The Hall–Kier alpha value is -3.09. The minimum Gasteiger partial charge on any atom is -0.486 e. The zero-order valence-corrected chi connectivity index (χ0v) is 13.5. The lowest BCUT2D eigenvalue weighted by atomic mass is 10.1. The second-order valence-electron chi connectivity index (χ2n) is 5.96. The second-order valence-corrected chi connectivity index (χ2v) is 5.96. The standard InChI is InChI=1S/C18H17N3O4/c22-17-8-12(18(23)20-13-2-1-5-19-10-13)11-21(17)14-3-4-15-16(9-14)25-7-6-24-15/h1-5,9-10,12H,6-8,11H2,(H,20,23). The lowest BCUT2D eigenvalue weighted by Gasteiger charge is -2.22. The number of amides is 2. The highest BCUT2D eigenvalue weighted by Gasteiger charge is 2.35. The molecule has 7 heteroatoms. The summed E-state index contributed by atoms with van der Waals surface area (Å²) in [5.74, 6) is 0.637. The van der Waals surface area contributed by atoms with E-state index >= 15 is 0 Å². The fourth-order valence-corrected chi connectivity index (χ4v) is 3.01. The molecule has 2 aliphatic heterocycles. The Balaban J connectivity index is 1.48. The molecule has 0 bridgehead atoms. The van der Waals surface area contributed by atoms with Crippen LogP contribution < -0.4 is 19.7 Å². The lowest BCUT2D eigenvalue weighted by molar-refractivity contribution is -0.122. The van der Waals surface area contributed by atoms with Crippen molar-refractivity contribution in [1.82, 2.24) is 4.98 Å². The number of anilines is 2. The van der Waals surface area contributed by atoms with E-state index in [-0.39, 0.29) is 18.2 Å². The van der Waals surface area contributed by atoms with Gasteiger partial charge in [-0.15, -0.1) is 0 Å². The van der Waals surface area contributed by atoms with Gasteiger partial charge in [-0.25, -0.2) is 0 Å². The molecule has 0 spiro atoms. The van der Waals surface area contributed by atoms with Gasteiger partial charge in [0, 0.05) is 30.9 Å². The van der Waals surface area contributed by atoms with Crippen LogP contribution in [0.3, 0.4) is 0 Å². The molecule has 0 saturated carbocycles. The minimum atomic E-state index is -0.402. The highest BCUT2D eigenvalue weighted by atomic mass is 16.6. The van der Waals surface area contributed by atoms with Crippen molar-refractivity contribution in [2.45, 2.75) is 6.42 Å². The number of nitrogens with one attached hydrogen (secondary N) is 1. The monoisotopic (exact) mass is 339 g/mol. The molecule has 1 unspecified atom stereocenters. The summed E-state index contributed by atoms with van der Waals surface area (Å²) < 4.78 is 11.1. The van der Waals surface area contributed by atoms with Crippen molar-refractivity contribution in [2.75, 3.05) is 30.0 Å². The van der Waals surface area contributed by atoms with Gasteiger partial charge in [-0.3, -0.25) is 14.6 Å². The maximum absolute atomic E-state index is 12.4. The van der Waals surface area contributed by atoms with Crippen LogP contribution in [0, 0.1) is 5.92 Å². The Morgan fingerprint density at radius 1 is 1.20 bits per heavy atom. The number of carbonyl (C=O) groups is 2. The van der Waals surface area contributed by atoms with Gasteiger partial charge in [-0.2, -0.15) is 0 Å². The number of fused-ring (bicyclic) bond motifs is 1. The SMILES string of the molecule is O=C(Nc1cccnc1)C1CC(=O)N(c2ccc3c(c2)OCCO3)C1. The largest absolute Gasteiger partial charge is 0.486 e. The third-order valence-electron chi connectivity index (χ3n) is 4.26. The molecular weight excluding hydrogens is 322 g/mol. The van der Waals surface area contributed by atoms with E-state index in [0.29, 0.717) is 42.6 Å². The fourth-order valence-electron chi connectivity index (χ4n) is 3.01. The second kappa shape index (κ2) is 6.43. The Morgan fingerprint density at radius 3 is 2.84 bits per heavy atom. The van der Waals surface area contributed by atoms with Crippen LogP contribution in [0.25, 0.3) is 0 Å². The van der Waals surface area contributed by atoms with Gasteiger partial charge in [0.25, 0.3) is 0 Å². The van der Waals surface area contributed by atoms with Crippen LogP contribution in [0.4, 0.5) is 11.4 Å². The van der Waals surface area contributed by atoms with E-state index in [1.165, 1.54) is 0 Å². The normalized spacial score (nSPS) is 19.0. The molecule has 2 aromatic rings. The molecule has 1 atom stereocenters. The molecule has 2 aliphatic rings. The molecule has 1 saturated heterocycles. The first-order valence-electron chi connectivity index (χ1n) is 8.11. The number of ether oxygens (including phenoxy) is 2. The van der Waals surface area contributed by atoms with Crippen molar-refractivity contribution in [3.05, 3.63) is 42.7 Å². The van der Waals surface area contributed by atoms with Crippen LogP contribution in [-0.2, 0) is 9.59 Å². The molecule has 25 heavy (non-hydrogen) atoms. The first-order chi connectivity index (χ1) is 12.2. The summed E-state index contributed by atoms with van der Waals surface area (Å²) in [6, 6.07) is 8.90. The number of carbonyl (C=O) groups excluding carboxylic acids is 2. The molecule has 1 N–H and O–H groups in total. The Bertz CT molecular complexity index is 809. The molecule has 3 heterocycles. The number of nitrogens with zero attached hydrogens (tertiary/aromatic N) is 2. The average molecular weight is 339 g/mol. The van der Waals surface area contributed by atoms with Gasteiger partial charge in [0.1, 0.15) is 13.2 Å². The number of pyridine rings is 1. The molecule has 1 fully saturated rings. The summed E-state index contributed by atoms with van der Waals surface area (Å²) in [4.78, 5) is 30.4. The van der Waals surface area contributed by atoms with E-state index in [9.17, 15) is 9.59 Å². The van der Waals surface area contributed by atoms with Gasteiger partial charge in [0.15, 0.2) is 11.5 Å². The molecule has 128 valence electrons. The number of hydrogen-bond donors (Lipinski definition) is 1. The highest BCUT2D eigenvalue weighted by molar-refractivity contribution is 6.03.